The number of rotatable bonds is 4. The highest BCUT2D eigenvalue weighted by atomic mass is 16.4. The third-order valence-electron chi connectivity index (χ3n) is 2.87. The number of carbonyl (C=O) groups is 4. The Balaban J connectivity index is 3.41. The maximum absolute atomic E-state index is 11.2. The molecule has 0 aliphatic carbocycles. The summed E-state index contributed by atoms with van der Waals surface area (Å²) in [5.74, 6) is -5.07. The fourth-order valence-electron chi connectivity index (χ4n) is 2.00. The predicted octanol–water partition coefficient (Wildman–Crippen LogP) is -0.844. The smallest absolute Gasteiger partial charge is 0.341 e. The molecule has 1 unspecified atom stereocenters. The molecule has 1 aliphatic heterocycles. The Kier molecular flexibility index (Phi) is 3.40. The van der Waals surface area contributed by atoms with Crippen molar-refractivity contribution in [2.45, 2.75) is 24.4 Å². The molecule has 0 spiro atoms. The Hall–Kier alpha value is -2.38. The van der Waals surface area contributed by atoms with E-state index in [4.69, 9.17) is 15.3 Å². The van der Waals surface area contributed by atoms with Crippen LogP contribution < -0.4 is 0 Å². The highest BCUT2D eigenvalue weighted by Gasteiger charge is 2.58. The van der Waals surface area contributed by atoms with Crippen LogP contribution in [0.4, 0.5) is 0 Å². The van der Waals surface area contributed by atoms with Crippen LogP contribution in [0, 0.1) is 0 Å². The van der Waals surface area contributed by atoms with Crippen molar-refractivity contribution in [1.82, 2.24) is 4.90 Å². The summed E-state index contributed by atoms with van der Waals surface area (Å²) in [5.41, 5.74) is -2.45. The van der Waals surface area contributed by atoms with Crippen LogP contribution in [0.25, 0.3) is 0 Å². The van der Waals surface area contributed by atoms with Crippen molar-refractivity contribution in [2.75, 3.05) is 0 Å². The maximum Gasteiger partial charge on any atom is 0.341 e. The molecular formula is C10H11NO7. The first kappa shape index (κ1) is 13.7. The van der Waals surface area contributed by atoms with Crippen molar-refractivity contribution in [2.24, 2.45) is 0 Å². The number of carboxylic acid groups (broad SMARTS) is 3. The van der Waals surface area contributed by atoms with Gasteiger partial charge in [-0.05, 0) is 6.42 Å². The van der Waals surface area contributed by atoms with E-state index in [0.717, 1.165) is 0 Å². The van der Waals surface area contributed by atoms with Crippen LogP contribution in [-0.2, 0) is 19.2 Å². The molecule has 1 fully saturated rings. The fourth-order valence-corrected chi connectivity index (χ4v) is 2.00. The summed E-state index contributed by atoms with van der Waals surface area (Å²) in [6.45, 7) is 3.44. The van der Waals surface area contributed by atoms with Crippen LogP contribution in [0.1, 0.15) is 12.8 Å². The van der Waals surface area contributed by atoms with Gasteiger partial charge in [0.15, 0.2) is 0 Å². The Morgan fingerprint density at radius 3 is 2.11 bits per heavy atom. The summed E-state index contributed by atoms with van der Waals surface area (Å²) in [6.07, 6.45) is -0.746. The number of aliphatic carboxylic acids is 3. The summed E-state index contributed by atoms with van der Waals surface area (Å²) in [7, 11) is 0. The lowest BCUT2D eigenvalue weighted by atomic mass is 9.81. The van der Waals surface area contributed by atoms with E-state index in [1.807, 2.05) is 0 Å². The molecule has 0 aromatic carbocycles. The summed E-state index contributed by atoms with van der Waals surface area (Å²) in [4.78, 5) is 44.6. The Morgan fingerprint density at radius 2 is 1.78 bits per heavy atom. The van der Waals surface area contributed by atoms with Gasteiger partial charge in [0.25, 0.3) is 0 Å². The molecule has 0 saturated carbocycles. The van der Waals surface area contributed by atoms with Gasteiger partial charge in [-0.25, -0.2) is 14.4 Å². The van der Waals surface area contributed by atoms with Crippen LogP contribution in [0.5, 0.6) is 0 Å². The van der Waals surface area contributed by atoms with Gasteiger partial charge in [0.05, 0.1) is 0 Å². The highest BCUT2D eigenvalue weighted by molar-refractivity contribution is 6.06. The molecule has 0 aromatic rings. The number of carbonyl (C=O) groups excluding carboxylic acids is 1. The van der Waals surface area contributed by atoms with Gasteiger partial charge in [0.2, 0.25) is 11.9 Å². The van der Waals surface area contributed by atoms with Gasteiger partial charge < -0.3 is 20.2 Å². The zero-order valence-corrected chi connectivity index (χ0v) is 9.20. The quantitative estimate of drug-likeness (QED) is 0.339. The number of nitrogens with zero attached hydrogens (tertiary/aromatic N) is 1. The monoisotopic (exact) mass is 257 g/mol. The zero-order valence-electron chi connectivity index (χ0n) is 9.20. The van der Waals surface area contributed by atoms with Gasteiger partial charge in [-0.3, -0.25) is 4.79 Å². The van der Waals surface area contributed by atoms with Crippen molar-refractivity contribution >= 4 is 24.3 Å². The van der Waals surface area contributed by atoms with Crippen LogP contribution in [-0.4, -0.2) is 56.1 Å². The summed E-state index contributed by atoms with van der Waals surface area (Å²) in [5, 5.41) is 27.1. The average molecular weight is 257 g/mol. The minimum Gasteiger partial charge on any atom is -0.480 e. The number of piperidine rings is 1. The molecule has 0 aromatic heterocycles. The topological polar surface area (TPSA) is 132 Å². The lowest BCUT2D eigenvalue weighted by Crippen LogP contribution is -2.66. The molecule has 0 radical (unpaired) electrons. The van der Waals surface area contributed by atoms with Crippen molar-refractivity contribution < 1.29 is 34.5 Å². The number of hydrogen-bond donors (Lipinski definition) is 3. The van der Waals surface area contributed by atoms with Crippen LogP contribution >= 0.6 is 0 Å². The lowest BCUT2D eigenvalue weighted by molar-refractivity contribution is -0.177. The normalized spacial score (nSPS) is 22.3. The van der Waals surface area contributed by atoms with Crippen molar-refractivity contribution in [3.05, 3.63) is 12.2 Å². The Labute approximate surface area is 101 Å². The van der Waals surface area contributed by atoms with Crippen molar-refractivity contribution in [3.63, 3.8) is 0 Å². The molecule has 1 aliphatic rings. The molecule has 0 bridgehead atoms. The fraction of sp³-hybridized carbons (Fsp3) is 0.400. The van der Waals surface area contributed by atoms with E-state index >= 15 is 0 Å². The molecule has 8 nitrogen and oxygen atoms in total. The van der Waals surface area contributed by atoms with Crippen molar-refractivity contribution in [1.29, 1.82) is 0 Å². The van der Waals surface area contributed by atoms with E-state index in [2.05, 4.69) is 6.58 Å². The molecule has 1 atom stereocenters. The SMILES string of the molecule is C=C1CC(C(=O)O)N(C=O)C(C(=O)O)(C(=O)O)C1. The molecule has 1 amide bonds. The third kappa shape index (κ3) is 1.81. The third-order valence-corrected chi connectivity index (χ3v) is 2.87. The number of amides is 1. The molecular weight excluding hydrogens is 246 g/mol. The second-order valence-corrected chi connectivity index (χ2v) is 3.97. The van der Waals surface area contributed by atoms with Crippen molar-refractivity contribution in [3.8, 4) is 0 Å². The maximum atomic E-state index is 11.2. The Morgan fingerprint density at radius 1 is 1.28 bits per heavy atom. The van der Waals surface area contributed by atoms with Crippen LogP contribution in [0.3, 0.4) is 0 Å². The molecule has 98 valence electrons. The molecule has 3 N–H and O–H groups in total. The predicted molar refractivity (Wildman–Crippen MR) is 55.7 cm³/mol. The number of hydrogen-bond acceptors (Lipinski definition) is 4. The minimum atomic E-state index is -2.61. The second kappa shape index (κ2) is 4.47. The first-order chi connectivity index (χ1) is 8.27. The highest BCUT2D eigenvalue weighted by Crippen LogP contribution is 2.34. The van der Waals surface area contributed by atoms with Gasteiger partial charge in [0, 0.05) is 6.42 Å². The Bertz CT molecular complexity index is 428. The van der Waals surface area contributed by atoms with Gasteiger partial charge in [-0.2, -0.15) is 0 Å². The van der Waals surface area contributed by atoms with Gasteiger partial charge >= 0.3 is 17.9 Å². The molecule has 18 heavy (non-hydrogen) atoms. The zero-order chi connectivity index (χ0) is 14.1. The number of carboxylic acids is 3. The second-order valence-electron chi connectivity index (χ2n) is 3.97. The summed E-state index contributed by atoms with van der Waals surface area (Å²) in [6, 6.07) is -1.55. The minimum absolute atomic E-state index is 0.0620. The van der Waals surface area contributed by atoms with Crippen LogP contribution in [0.15, 0.2) is 12.2 Å². The summed E-state index contributed by atoms with van der Waals surface area (Å²) < 4.78 is 0. The molecule has 8 heteroatoms. The van der Waals surface area contributed by atoms with Crippen LogP contribution in [0.2, 0.25) is 0 Å². The first-order valence-electron chi connectivity index (χ1n) is 4.87. The van der Waals surface area contributed by atoms with Gasteiger partial charge in [-0.15, -0.1) is 0 Å². The van der Waals surface area contributed by atoms with E-state index < -0.39 is 35.9 Å². The lowest BCUT2D eigenvalue weighted by Gasteiger charge is -2.42. The van der Waals surface area contributed by atoms with Gasteiger partial charge in [0.1, 0.15) is 6.04 Å². The van der Waals surface area contributed by atoms with Gasteiger partial charge in [-0.1, -0.05) is 12.2 Å². The standard InChI is InChI=1S/C10H11NO7/c1-5-2-6(7(13)14)11(4-12)10(3-5,8(15)16)9(17)18/h4,6H,1-3H2,(H,13,14)(H,15,16)(H,17,18). The largest absolute Gasteiger partial charge is 0.480 e. The summed E-state index contributed by atoms with van der Waals surface area (Å²) >= 11 is 0. The van der Waals surface area contributed by atoms with E-state index in [0.29, 0.717) is 4.90 Å². The van der Waals surface area contributed by atoms with E-state index in [-0.39, 0.29) is 18.4 Å². The van der Waals surface area contributed by atoms with E-state index in [1.165, 1.54) is 0 Å². The molecule has 1 rings (SSSR count). The molecule has 1 saturated heterocycles. The average Bonchev–Trinajstić information content (AvgIpc) is 2.26. The first-order valence-corrected chi connectivity index (χ1v) is 4.87. The number of likely N-dealkylation sites (tertiary alicyclic amines) is 1. The molecule has 1 heterocycles. The van der Waals surface area contributed by atoms with E-state index in [1.54, 1.807) is 0 Å². The van der Waals surface area contributed by atoms with E-state index in [9.17, 15) is 19.2 Å².